The number of hydrogen-bond donors (Lipinski definition) is 2. The van der Waals surface area contributed by atoms with E-state index in [1.165, 1.54) is 0 Å². The van der Waals surface area contributed by atoms with Crippen molar-refractivity contribution in [2.45, 2.75) is 13.0 Å². The zero-order valence-corrected chi connectivity index (χ0v) is 11.0. The van der Waals surface area contributed by atoms with Crippen molar-refractivity contribution >= 4 is 17.5 Å². The fraction of sp³-hybridized carbons (Fsp3) is 0.250. The molecule has 0 aliphatic carbocycles. The Labute approximate surface area is 119 Å². The summed E-state index contributed by atoms with van der Waals surface area (Å²) in [7, 11) is 0. The molecule has 0 spiro atoms. The van der Waals surface area contributed by atoms with Crippen LogP contribution in [0.25, 0.3) is 0 Å². The highest BCUT2D eigenvalue weighted by atomic mass is 16.6. The van der Waals surface area contributed by atoms with Crippen LogP contribution in [-0.4, -0.2) is 37.1 Å². The van der Waals surface area contributed by atoms with E-state index in [2.05, 4.69) is 15.3 Å². The first kappa shape index (κ1) is 14.4. The number of carboxylic acids is 1. The molecule has 2 aromatic heterocycles. The van der Waals surface area contributed by atoms with Crippen molar-refractivity contribution < 1.29 is 14.8 Å². The Balaban J connectivity index is 1.98. The van der Waals surface area contributed by atoms with E-state index in [9.17, 15) is 14.9 Å². The molecular weight excluding hydrogens is 278 g/mol. The molecule has 0 aliphatic heterocycles. The van der Waals surface area contributed by atoms with Crippen LogP contribution in [0.4, 0.5) is 11.5 Å². The van der Waals surface area contributed by atoms with Crippen molar-refractivity contribution in [2.75, 3.05) is 11.9 Å². The van der Waals surface area contributed by atoms with Crippen LogP contribution in [0.1, 0.15) is 16.8 Å². The topological polar surface area (TPSA) is 123 Å². The SMILES string of the molecule is O=C(O)c1cnc(NCCCn2ccnc2)c([N+](=O)[O-])c1. The van der Waals surface area contributed by atoms with Crippen molar-refractivity contribution in [3.8, 4) is 0 Å². The lowest BCUT2D eigenvalue weighted by molar-refractivity contribution is -0.384. The average molecular weight is 291 g/mol. The van der Waals surface area contributed by atoms with Crippen LogP contribution < -0.4 is 5.32 Å². The molecule has 0 radical (unpaired) electrons. The molecule has 9 heteroatoms. The van der Waals surface area contributed by atoms with Gasteiger partial charge in [0, 0.05) is 37.7 Å². The minimum atomic E-state index is -1.25. The lowest BCUT2D eigenvalue weighted by atomic mass is 10.2. The first-order valence-electron chi connectivity index (χ1n) is 6.15. The van der Waals surface area contributed by atoms with E-state index in [-0.39, 0.29) is 17.1 Å². The Bertz CT molecular complexity index is 641. The fourth-order valence-corrected chi connectivity index (χ4v) is 1.73. The second-order valence-corrected chi connectivity index (χ2v) is 4.23. The lowest BCUT2D eigenvalue weighted by Gasteiger charge is -2.07. The molecule has 21 heavy (non-hydrogen) atoms. The number of hydrogen-bond acceptors (Lipinski definition) is 6. The minimum absolute atomic E-state index is 0.0654. The van der Waals surface area contributed by atoms with Crippen LogP contribution in [0.5, 0.6) is 0 Å². The van der Waals surface area contributed by atoms with Gasteiger partial charge in [0.15, 0.2) is 0 Å². The fourth-order valence-electron chi connectivity index (χ4n) is 1.73. The second-order valence-electron chi connectivity index (χ2n) is 4.23. The predicted octanol–water partition coefficient (Wildman–Crippen LogP) is 1.39. The Kier molecular flexibility index (Phi) is 4.44. The number of imidazole rings is 1. The summed E-state index contributed by atoms with van der Waals surface area (Å²) in [6.45, 7) is 1.19. The zero-order valence-electron chi connectivity index (χ0n) is 11.0. The Morgan fingerprint density at radius 3 is 2.95 bits per heavy atom. The molecule has 0 aliphatic rings. The maximum absolute atomic E-state index is 10.9. The number of carboxylic acid groups (broad SMARTS) is 1. The molecule has 0 saturated heterocycles. The maximum atomic E-state index is 10.9. The number of aromatic nitrogens is 3. The van der Waals surface area contributed by atoms with Crippen LogP contribution in [-0.2, 0) is 6.54 Å². The summed E-state index contributed by atoms with van der Waals surface area (Å²) in [4.78, 5) is 28.8. The van der Waals surface area contributed by atoms with Crippen LogP contribution >= 0.6 is 0 Å². The van der Waals surface area contributed by atoms with Gasteiger partial charge in [0.05, 0.1) is 16.8 Å². The summed E-state index contributed by atoms with van der Waals surface area (Å²) in [5.74, 6) is -1.19. The third-order valence-corrected chi connectivity index (χ3v) is 2.76. The first-order valence-corrected chi connectivity index (χ1v) is 6.15. The number of aryl methyl sites for hydroxylation is 1. The molecule has 2 heterocycles. The van der Waals surface area contributed by atoms with Gasteiger partial charge in [-0.15, -0.1) is 0 Å². The quantitative estimate of drug-likeness (QED) is 0.448. The molecule has 2 rings (SSSR count). The number of nitrogens with one attached hydrogen (secondary N) is 1. The van der Waals surface area contributed by atoms with Crippen molar-refractivity contribution in [3.63, 3.8) is 0 Å². The van der Waals surface area contributed by atoms with Crippen molar-refractivity contribution in [3.05, 3.63) is 46.7 Å². The molecular formula is C12H13N5O4. The highest BCUT2D eigenvalue weighted by Gasteiger charge is 2.18. The minimum Gasteiger partial charge on any atom is -0.478 e. The largest absolute Gasteiger partial charge is 0.478 e. The summed E-state index contributed by atoms with van der Waals surface area (Å²) < 4.78 is 1.89. The van der Waals surface area contributed by atoms with E-state index in [0.29, 0.717) is 13.1 Å². The summed E-state index contributed by atoms with van der Waals surface area (Å²) in [5, 5.41) is 22.6. The van der Waals surface area contributed by atoms with Crippen molar-refractivity contribution in [2.24, 2.45) is 0 Å². The van der Waals surface area contributed by atoms with E-state index in [1.807, 2.05) is 10.8 Å². The predicted molar refractivity (Wildman–Crippen MR) is 73.2 cm³/mol. The number of pyridine rings is 1. The Morgan fingerprint density at radius 2 is 2.33 bits per heavy atom. The molecule has 110 valence electrons. The van der Waals surface area contributed by atoms with Gasteiger partial charge >= 0.3 is 11.7 Å². The van der Waals surface area contributed by atoms with Crippen LogP contribution in [0.2, 0.25) is 0 Å². The van der Waals surface area contributed by atoms with Gasteiger partial charge in [-0.2, -0.15) is 0 Å². The first-order chi connectivity index (χ1) is 10.1. The van der Waals surface area contributed by atoms with Crippen LogP contribution in [0, 0.1) is 10.1 Å². The summed E-state index contributed by atoms with van der Waals surface area (Å²) >= 11 is 0. The molecule has 0 amide bonds. The Hall–Kier alpha value is -2.97. The van der Waals surface area contributed by atoms with E-state index >= 15 is 0 Å². The van der Waals surface area contributed by atoms with Crippen LogP contribution in [0.15, 0.2) is 31.0 Å². The standard InChI is InChI=1S/C12H13N5O4/c18-12(19)9-6-10(17(20)21)11(15-7-9)14-2-1-4-16-5-3-13-8-16/h3,5-8H,1-2,4H2,(H,14,15)(H,18,19). The molecule has 0 aromatic carbocycles. The van der Waals surface area contributed by atoms with Gasteiger partial charge in [-0.3, -0.25) is 10.1 Å². The molecule has 2 aromatic rings. The van der Waals surface area contributed by atoms with Gasteiger partial charge < -0.3 is 15.0 Å². The monoisotopic (exact) mass is 291 g/mol. The normalized spacial score (nSPS) is 10.3. The molecule has 9 nitrogen and oxygen atoms in total. The van der Waals surface area contributed by atoms with Crippen LogP contribution in [0.3, 0.4) is 0 Å². The summed E-state index contributed by atoms with van der Waals surface area (Å²) in [6.07, 6.45) is 6.98. The number of rotatable bonds is 7. The van der Waals surface area contributed by atoms with Gasteiger partial charge in [0.2, 0.25) is 5.82 Å². The number of nitrogens with zero attached hydrogens (tertiary/aromatic N) is 4. The second kappa shape index (κ2) is 6.46. The third-order valence-electron chi connectivity index (χ3n) is 2.76. The van der Waals surface area contributed by atoms with Gasteiger partial charge in [-0.05, 0) is 6.42 Å². The van der Waals surface area contributed by atoms with E-state index in [0.717, 1.165) is 18.7 Å². The molecule has 0 unspecified atom stereocenters. The Morgan fingerprint density at radius 1 is 1.52 bits per heavy atom. The number of anilines is 1. The molecule has 0 bridgehead atoms. The van der Waals surface area contributed by atoms with E-state index in [1.54, 1.807) is 12.5 Å². The lowest BCUT2D eigenvalue weighted by Crippen LogP contribution is -2.10. The van der Waals surface area contributed by atoms with Gasteiger partial charge in [-0.25, -0.2) is 14.8 Å². The van der Waals surface area contributed by atoms with Crippen molar-refractivity contribution in [1.29, 1.82) is 0 Å². The third kappa shape index (κ3) is 3.75. The molecule has 0 saturated carbocycles. The molecule has 0 atom stereocenters. The van der Waals surface area contributed by atoms with Gasteiger partial charge in [0.1, 0.15) is 0 Å². The maximum Gasteiger partial charge on any atom is 0.337 e. The van der Waals surface area contributed by atoms with E-state index in [4.69, 9.17) is 5.11 Å². The zero-order chi connectivity index (χ0) is 15.2. The molecule has 2 N–H and O–H groups in total. The summed E-state index contributed by atoms with van der Waals surface area (Å²) in [5.41, 5.74) is -0.566. The van der Waals surface area contributed by atoms with Gasteiger partial charge in [-0.1, -0.05) is 0 Å². The van der Waals surface area contributed by atoms with Crippen molar-refractivity contribution in [1.82, 2.24) is 14.5 Å². The van der Waals surface area contributed by atoms with Gasteiger partial charge in [0.25, 0.3) is 0 Å². The highest BCUT2D eigenvalue weighted by Crippen LogP contribution is 2.22. The highest BCUT2D eigenvalue weighted by molar-refractivity contribution is 5.88. The van der Waals surface area contributed by atoms with E-state index < -0.39 is 10.9 Å². The number of carbonyl (C=O) groups is 1. The average Bonchev–Trinajstić information content (AvgIpc) is 2.96. The summed E-state index contributed by atoms with van der Waals surface area (Å²) in [6, 6.07) is 0.994. The molecule has 0 fully saturated rings. The smallest absolute Gasteiger partial charge is 0.337 e. The number of nitro groups is 1. The number of aromatic carboxylic acids is 1.